The number of H-pyrrole nitrogens is 1. The average Bonchev–Trinajstić information content (AvgIpc) is 2.71. The third-order valence-electron chi connectivity index (χ3n) is 2.71. The SMILES string of the molecule is N#CC1CCCC(Nc2cnc[nH]2)C1. The summed E-state index contributed by atoms with van der Waals surface area (Å²) in [4.78, 5) is 6.96. The Balaban J connectivity index is 1.90. The molecular weight excluding hydrogens is 176 g/mol. The fourth-order valence-electron chi connectivity index (χ4n) is 1.99. The minimum atomic E-state index is 0.226. The van der Waals surface area contributed by atoms with Crippen LogP contribution in [0.15, 0.2) is 12.5 Å². The Labute approximate surface area is 83.4 Å². The lowest BCUT2D eigenvalue weighted by Crippen LogP contribution is -2.26. The van der Waals surface area contributed by atoms with Crippen LogP contribution in [0.1, 0.15) is 25.7 Å². The van der Waals surface area contributed by atoms with Crippen molar-refractivity contribution in [1.82, 2.24) is 9.97 Å². The van der Waals surface area contributed by atoms with Gasteiger partial charge in [-0.25, -0.2) is 4.98 Å². The van der Waals surface area contributed by atoms with E-state index in [1.54, 1.807) is 12.5 Å². The number of rotatable bonds is 2. The molecule has 0 bridgehead atoms. The van der Waals surface area contributed by atoms with E-state index in [0.717, 1.165) is 31.5 Å². The van der Waals surface area contributed by atoms with Crippen LogP contribution in [-0.4, -0.2) is 16.0 Å². The van der Waals surface area contributed by atoms with E-state index in [9.17, 15) is 0 Å². The van der Waals surface area contributed by atoms with Gasteiger partial charge < -0.3 is 10.3 Å². The summed E-state index contributed by atoms with van der Waals surface area (Å²) in [6, 6.07) is 2.77. The summed E-state index contributed by atoms with van der Waals surface area (Å²) in [6.07, 6.45) is 7.73. The zero-order valence-electron chi connectivity index (χ0n) is 8.03. The largest absolute Gasteiger partial charge is 0.368 e. The van der Waals surface area contributed by atoms with Gasteiger partial charge in [-0.15, -0.1) is 0 Å². The molecule has 0 saturated heterocycles. The summed E-state index contributed by atoms with van der Waals surface area (Å²) in [5, 5.41) is 12.2. The minimum Gasteiger partial charge on any atom is -0.368 e. The average molecular weight is 190 g/mol. The highest BCUT2D eigenvalue weighted by Crippen LogP contribution is 2.25. The lowest BCUT2D eigenvalue weighted by atomic mass is 9.87. The zero-order chi connectivity index (χ0) is 9.80. The number of aromatic amines is 1. The van der Waals surface area contributed by atoms with Gasteiger partial charge in [0.25, 0.3) is 0 Å². The molecule has 1 aliphatic rings. The minimum absolute atomic E-state index is 0.226. The van der Waals surface area contributed by atoms with Gasteiger partial charge >= 0.3 is 0 Å². The number of hydrogen-bond acceptors (Lipinski definition) is 3. The Bertz CT molecular complexity index is 311. The first-order chi connectivity index (χ1) is 6.88. The molecule has 74 valence electrons. The van der Waals surface area contributed by atoms with Gasteiger partial charge in [-0.3, -0.25) is 0 Å². The van der Waals surface area contributed by atoms with Crippen LogP contribution in [0.5, 0.6) is 0 Å². The molecule has 1 aromatic heterocycles. The first-order valence-corrected chi connectivity index (χ1v) is 5.03. The molecule has 4 heteroatoms. The van der Waals surface area contributed by atoms with Crippen molar-refractivity contribution in [3.05, 3.63) is 12.5 Å². The van der Waals surface area contributed by atoms with E-state index in [0.29, 0.717) is 6.04 Å². The van der Waals surface area contributed by atoms with E-state index < -0.39 is 0 Å². The maximum atomic E-state index is 8.84. The standard InChI is InChI=1S/C10H14N4/c11-5-8-2-1-3-9(4-8)14-10-6-12-7-13-10/h6-9,14H,1-4H2,(H,12,13). The fraction of sp³-hybridized carbons (Fsp3) is 0.600. The normalized spacial score (nSPS) is 26.8. The molecule has 2 rings (SSSR count). The molecule has 1 saturated carbocycles. The molecule has 1 aliphatic carbocycles. The van der Waals surface area contributed by atoms with Crippen molar-refractivity contribution in [3.63, 3.8) is 0 Å². The van der Waals surface area contributed by atoms with Crippen molar-refractivity contribution in [3.8, 4) is 6.07 Å². The number of nitriles is 1. The molecule has 2 N–H and O–H groups in total. The van der Waals surface area contributed by atoms with Gasteiger partial charge in [-0.1, -0.05) is 6.42 Å². The van der Waals surface area contributed by atoms with Crippen LogP contribution in [0.4, 0.5) is 5.82 Å². The number of hydrogen-bond donors (Lipinski definition) is 2. The Morgan fingerprint density at radius 1 is 1.57 bits per heavy atom. The Kier molecular flexibility index (Phi) is 2.68. The molecule has 0 aromatic carbocycles. The van der Waals surface area contributed by atoms with Gasteiger partial charge in [0.2, 0.25) is 0 Å². The molecule has 2 unspecified atom stereocenters. The predicted molar refractivity (Wildman–Crippen MR) is 53.6 cm³/mol. The number of nitrogens with zero attached hydrogens (tertiary/aromatic N) is 2. The maximum absolute atomic E-state index is 8.84. The molecule has 0 spiro atoms. The number of anilines is 1. The van der Waals surface area contributed by atoms with Crippen molar-refractivity contribution < 1.29 is 0 Å². The summed E-state index contributed by atoms with van der Waals surface area (Å²) in [7, 11) is 0. The molecular formula is C10H14N4. The van der Waals surface area contributed by atoms with Crippen molar-refractivity contribution in [2.24, 2.45) is 5.92 Å². The summed E-state index contributed by atoms with van der Waals surface area (Å²) < 4.78 is 0. The van der Waals surface area contributed by atoms with Crippen LogP contribution in [0.25, 0.3) is 0 Å². The maximum Gasteiger partial charge on any atom is 0.123 e. The number of imidazole rings is 1. The second-order valence-corrected chi connectivity index (χ2v) is 3.80. The van der Waals surface area contributed by atoms with E-state index in [-0.39, 0.29) is 5.92 Å². The highest BCUT2D eigenvalue weighted by molar-refractivity contribution is 5.32. The Morgan fingerprint density at radius 2 is 2.50 bits per heavy atom. The molecule has 1 fully saturated rings. The summed E-state index contributed by atoms with van der Waals surface area (Å²) in [6.45, 7) is 0. The second-order valence-electron chi connectivity index (χ2n) is 3.80. The van der Waals surface area contributed by atoms with Gasteiger partial charge in [0, 0.05) is 12.0 Å². The number of nitrogens with one attached hydrogen (secondary N) is 2. The zero-order valence-corrected chi connectivity index (χ0v) is 8.03. The lowest BCUT2D eigenvalue weighted by molar-refractivity contribution is 0.395. The van der Waals surface area contributed by atoms with E-state index in [4.69, 9.17) is 5.26 Å². The molecule has 0 aliphatic heterocycles. The molecule has 1 heterocycles. The van der Waals surface area contributed by atoms with Gasteiger partial charge in [-0.05, 0) is 19.3 Å². The van der Waals surface area contributed by atoms with Gasteiger partial charge in [0.1, 0.15) is 5.82 Å². The molecule has 0 radical (unpaired) electrons. The van der Waals surface area contributed by atoms with E-state index in [1.807, 2.05) is 0 Å². The lowest BCUT2D eigenvalue weighted by Gasteiger charge is -2.25. The van der Waals surface area contributed by atoms with Crippen LogP contribution >= 0.6 is 0 Å². The number of aromatic nitrogens is 2. The van der Waals surface area contributed by atoms with Crippen LogP contribution in [0.3, 0.4) is 0 Å². The topological polar surface area (TPSA) is 64.5 Å². The summed E-state index contributed by atoms with van der Waals surface area (Å²) >= 11 is 0. The monoisotopic (exact) mass is 190 g/mol. The molecule has 4 nitrogen and oxygen atoms in total. The highest BCUT2D eigenvalue weighted by atomic mass is 15.1. The highest BCUT2D eigenvalue weighted by Gasteiger charge is 2.21. The first kappa shape index (κ1) is 9.07. The Hall–Kier alpha value is -1.50. The van der Waals surface area contributed by atoms with Gasteiger partial charge in [0.05, 0.1) is 18.6 Å². The third kappa shape index (κ3) is 2.05. The van der Waals surface area contributed by atoms with Gasteiger partial charge in [0.15, 0.2) is 0 Å². The summed E-state index contributed by atoms with van der Waals surface area (Å²) in [5.74, 6) is 1.18. The predicted octanol–water partition coefficient (Wildman–Crippen LogP) is 1.90. The van der Waals surface area contributed by atoms with Crippen LogP contribution < -0.4 is 5.32 Å². The van der Waals surface area contributed by atoms with E-state index >= 15 is 0 Å². The summed E-state index contributed by atoms with van der Waals surface area (Å²) in [5.41, 5.74) is 0. The Morgan fingerprint density at radius 3 is 3.21 bits per heavy atom. The van der Waals surface area contributed by atoms with Crippen molar-refractivity contribution in [2.75, 3.05) is 5.32 Å². The fourth-order valence-corrected chi connectivity index (χ4v) is 1.99. The van der Waals surface area contributed by atoms with E-state index in [2.05, 4.69) is 21.4 Å². The molecule has 2 atom stereocenters. The van der Waals surface area contributed by atoms with E-state index in [1.165, 1.54) is 0 Å². The van der Waals surface area contributed by atoms with Crippen molar-refractivity contribution in [2.45, 2.75) is 31.7 Å². The molecule has 14 heavy (non-hydrogen) atoms. The molecule has 1 aromatic rings. The van der Waals surface area contributed by atoms with Crippen molar-refractivity contribution >= 4 is 5.82 Å². The van der Waals surface area contributed by atoms with Crippen LogP contribution in [0, 0.1) is 17.2 Å². The second kappa shape index (κ2) is 4.14. The van der Waals surface area contributed by atoms with Crippen molar-refractivity contribution in [1.29, 1.82) is 5.26 Å². The first-order valence-electron chi connectivity index (χ1n) is 5.03. The van der Waals surface area contributed by atoms with Crippen LogP contribution in [0.2, 0.25) is 0 Å². The third-order valence-corrected chi connectivity index (χ3v) is 2.71. The molecule has 0 amide bonds. The van der Waals surface area contributed by atoms with Crippen LogP contribution in [-0.2, 0) is 0 Å². The quantitative estimate of drug-likeness (QED) is 0.748. The smallest absolute Gasteiger partial charge is 0.123 e. The van der Waals surface area contributed by atoms with Gasteiger partial charge in [-0.2, -0.15) is 5.26 Å².